The molecule has 2 aromatic carbocycles. The number of nitrogens with one attached hydrogen (secondary N) is 5. The highest BCUT2D eigenvalue weighted by molar-refractivity contribution is 5.95. The summed E-state index contributed by atoms with van der Waals surface area (Å²) in [6.45, 7) is 4.71. The van der Waals surface area contributed by atoms with Crippen LogP contribution in [0.4, 0.5) is 0 Å². The number of nitrogens with zero attached hydrogens (tertiary/aromatic N) is 1. The van der Waals surface area contributed by atoms with Crippen LogP contribution in [0.5, 0.6) is 5.75 Å². The fraction of sp³-hybridized carbons (Fsp3) is 0.457. The number of hydrogen-bond donors (Lipinski definition) is 10. The number of nitrogens with two attached hydrogens (primary N) is 3. The van der Waals surface area contributed by atoms with Crippen LogP contribution in [0.15, 0.2) is 59.6 Å². The lowest BCUT2D eigenvalue weighted by Crippen LogP contribution is -2.57. The van der Waals surface area contributed by atoms with E-state index in [2.05, 4.69) is 31.6 Å². The van der Waals surface area contributed by atoms with Gasteiger partial charge in [0.2, 0.25) is 29.5 Å². The molecule has 0 heterocycles. The Balaban J connectivity index is 2.06. The molecule has 13 N–H and O–H groups in total. The number of rotatable bonds is 21. The molecule has 17 nitrogen and oxygen atoms in total. The smallest absolute Gasteiger partial charge is 0.326 e. The van der Waals surface area contributed by atoms with Crippen LogP contribution in [-0.2, 0) is 41.6 Å². The van der Waals surface area contributed by atoms with Gasteiger partial charge in [0.25, 0.3) is 0 Å². The second-order valence-corrected chi connectivity index (χ2v) is 12.8. The van der Waals surface area contributed by atoms with Crippen molar-refractivity contribution >= 4 is 41.5 Å². The lowest BCUT2D eigenvalue weighted by molar-refractivity contribution is -0.142. The Labute approximate surface area is 302 Å². The Bertz CT molecular complexity index is 1530. The number of phenolic OH excluding ortho intramolecular Hbond substituents is 1. The number of hydrogen-bond acceptors (Lipinski definition) is 9. The van der Waals surface area contributed by atoms with Gasteiger partial charge in [-0.2, -0.15) is 0 Å². The van der Waals surface area contributed by atoms with Gasteiger partial charge in [0.15, 0.2) is 5.96 Å². The molecule has 0 saturated carbocycles. The van der Waals surface area contributed by atoms with Crippen molar-refractivity contribution in [3.05, 3.63) is 65.7 Å². The zero-order valence-electron chi connectivity index (χ0n) is 29.6. The minimum absolute atomic E-state index is 0.0352. The first-order chi connectivity index (χ1) is 24.5. The van der Waals surface area contributed by atoms with Crippen LogP contribution in [0.25, 0.3) is 0 Å². The summed E-state index contributed by atoms with van der Waals surface area (Å²) in [5.74, 6) is -4.83. The third-order valence-electron chi connectivity index (χ3n) is 7.74. The van der Waals surface area contributed by atoms with E-state index in [0.717, 1.165) is 0 Å². The Morgan fingerprint density at radius 1 is 0.731 bits per heavy atom. The van der Waals surface area contributed by atoms with Crippen molar-refractivity contribution in [1.29, 1.82) is 0 Å². The van der Waals surface area contributed by atoms with Crippen molar-refractivity contribution < 1.29 is 39.0 Å². The summed E-state index contributed by atoms with van der Waals surface area (Å²) in [6, 6.07) is 9.37. The second-order valence-electron chi connectivity index (χ2n) is 12.8. The summed E-state index contributed by atoms with van der Waals surface area (Å²) in [7, 11) is 0. The van der Waals surface area contributed by atoms with Crippen molar-refractivity contribution in [2.24, 2.45) is 28.1 Å². The first-order valence-electron chi connectivity index (χ1n) is 16.9. The number of phenols is 1. The molecule has 0 fully saturated rings. The van der Waals surface area contributed by atoms with Gasteiger partial charge in [0.1, 0.15) is 29.9 Å². The molecule has 52 heavy (non-hydrogen) atoms. The Morgan fingerprint density at radius 3 is 1.92 bits per heavy atom. The molecule has 0 aliphatic carbocycles. The van der Waals surface area contributed by atoms with Gasteiger partial charge in [-0.05, 0) is 61.8 Å². The van der Waals surface area contributed by atoms with E-state index in [4.69, 9.17) is 17.2 Å². The van der Waals surface area contributed by atoms with Crippen LogP contribution in [0.2, 0.25) is 0 Å². The fourth-order valence-electron chi connectivity index (χ4n) is 5.00. The zero-order chi connectivity index (χ0) is 38.8. The minimum Gasteiger partial charge on any atom is -0.508 e. The van der Waals surface area contributed by atoms with Crippen molar-refractivity contribution in [2.45, 2.75) is 83.1 Å². The maximum Gasteiger partial charge on any atom is 0.326 e. The van der Waals surface area contributed by atoms with Gasteiger partial charge in [-0.1, -0.05) is 56.3 Å². The van der Waals surface area contributed by atoms with Crippen molar-refractivity contribution in [1.82, 2.24) is 26.6 Å². The molecule has 0 radical (unpaired) electrons. The Kier molecular flexibility index (Phi) is 17.5. The topological polar surface area (TPSA) is 293 Å². The van der Waals surface area contributed by atoms with Crippen LogP contribution in [0.3, 0.4) is 0 Å². The van der Waals surface area contributed by atoms with E-state index in [1.165, 1.54) is 19.1 Å². The first kappa shape index (κ1) is 42.5. The van der Waals surface area contributed by atoms with Gasteiger partial charge in [-0.25, -0.2) is 4.79 Å². The van der Waals surface area contributed by atoms with E-state index in [-0.39, 0.29) is 56.3 Å². The molecule has 0 bridgehead atoms. The van der Waals surface area contributed by atoms with Gasteiger partial charge in [-0.15, -0.1) is 0 Å². The number of carbonyl (C=O) groups is 6. The number of benzene rings is 2. The normalized spacial score (nSPS) is 13.7. The van der Waals surface area contributed by atoms with E-state index in [0.29, 0.717) is 11.1 Å². The van der Waals surface area contributed by atoms with Crippen LogP contribution in [0, 0.1) is 5.92 Å². The molecule has 0 aliphatic heterocycles. The largest absolute Gasteiger partial charge is 0.508 e. The molecule has 0 aromatic heterocycles. The average molecular weight is 726 g/mol. The lowest BCUT2D eigenvalue weighted by atomic mass is 10.0. The number of carbonyl (C=O) groups excluding carboxylic acids is 5. The van der Waals surface area contributed by atoms with Gasteiger partial charge in [0.05, 0.1) is 12.6 Å². The summed E-state index contributed by atoms with van der Waals surface area (Å²) < 4.78 is 0. The number of aliphatic imine (C=N–C) groups is 1. The molecule has 2 aromatic rings. The summed E-state index contributed by atoms with van der Waals surface area (Å²) in [4.78, 5) is 80.9. The van der Waals surface area contributed by atoms with Crippen LogP contribution in [-0.4, -0.2) is 95.0 Å². The third kappa shape index (κ3) is 15.9. The maximum absolute atomic E-state index is 13.6. The van der Waals surface area contributed by atoms with E-state index in [1.54, 1.807) is 42.5 Å². The molecular formula is C35H51N9O8. The van der Waals surface area contributed by atoms with Crippen molar-refractivity contribution in [3.63, 3.8) is 0 Å². The van der Waals surface area contributed by atoms with E-state index >= 15 is 0 Å². The molecule has 17 heteroatoms. The number of carboxylic acid groups (broad SMARTS) is 1. The standard InChI is InChI=1S/C35H51N9O8/c1-20(2)16-27(32(49)43-26(34(51)52)10-7-15-39-35(37)38)44-33(50)28(18-22-8-5-4-6-9-22)42-29(46)19-40-30(47)21(3)41-31(48)25(36)17-23-11-13-24(45)14-12-23/h4-6,8-9,11-14,20-21,25-28,45H,7,10,15-19,36H2,1-3H3,(H,40,47)(H,41,48)(H,42,46)(H,43,49)(H,44,50)(H,51,52)(H4,37,38,39)/t21-,25-,26+,27-,28-/m0/s1. The summed E-state index contributed by atoms with van der Waals surface area (Å²) in [5, 5.41) is 31.8. The first-order valence-corrected chi connectivity index (χ1v) is 16.9. The molecule has 0 aliphatic rings. The molecule has 5 amide bonds. The molecule has 0 spiro atoms. The zero-order valence-corrected chi connectivity index (χ0v) is 29.6. The molecule has 2 rings (SSSR count). The Morgan fingerprint density at radius 2 is 1.33 bits per heavy atom. The Hall–Kier alpha value is -5.71. The average Bonchev–Trinajstić information content (AvgIpc) is 3.08. The molecule has 0 unspecified atom stereocenters. The highest BCUT2D eigenvalue weighted by atomic mass is 16.4. The van der Waals surface area contributed by atoms with Gasteiger partial charge in [-0.3, -0.25) is 29.0 Å². The molecular weight excluding hydrogens is 674 g/mol. The van der Waals surface area contributed by atoms with Crippen LogP contribution >= 0.6 is 0 Å². The molecule has 284 valence electrons. The maximum atomic E-state index is 13.6. The van der Waals surface area contributed by atoms with E-state index in [1.807, 2.05) is 13.8 Å². The number of carboxylic acids is 1. The third-order valence-corrected chi connectivity index (χ3v) is 7.74. The SMILES string of the molecule is CC(C)C[C@H](NC(=O)[C@H](Cc1ccccc1)NC(=O)CNC(=O)[C@H](C)NC(=O)[C@@H](N)Cc1ccc(O)cc1)C(=O)N[C@H](CCCN=C(N)N)C(=O)O. The monoisotopic (exact) mass is 725 g/mol. The molecule has 0 saturated heterocycles. The van der Waals surface area contributed by atoms with Crippen LogP contribution < -0.4 is 43.8 Å². The molecule has 5 atom stereocenters. The number of amides is 5. The second kappa shape index (κ2) is 21.5. The summed E-state index contributed by atoms with van der Waals surface area (Å²) in [5.41, 5.74) is 18.0. The fourth-order valence-corrected chi connectivity index (χ4v) is 5.00. The van der Waals surface area contributed by atoms with Crippen molar-refractivity contribution in [2.75, 3.05) is 13.1 Å². The van der Waals surface area contributed by atoms with E-state index in [9.17, 15) is 39.0 Å². The predicted molar refractivity (Wildman–Crippen MR) is 193 cm³/mol. The highest BCUT2D eigenvalue weighted by Crippen LogP contribution is 2.12. The van der Waals surface area contributed by atoms with Gasteiger partial charge < -0.3 is 54.0 Å². The number of guanidine groups is 1. The number of aliphatic carboxylic acids is 1. The summed E-state index contributed by atoms with van der Waals surface area (Å²) in [6.07, 6.45) is 0.679. The van der Waals surface area contributed by atoms with Crippen molar-refractivity contribution in [3.8, 4) is 5.75 Å². The van der Waals surface area contributed by atoms with Gasteiger partial charge >= 0.3 is 5.97 Å². The minimum atomic E-state index is -1.27. The van der Waals surface area contributed by atoms with E-state index < -0.39 is 72.3 Å². The lowest BCUT2D eigenvalue weighted by Gasteiger charge is -2.26. The quantitative estimate of drug-likeness (QED) is 0.0413. The van der Waals surface area contributed by atoms with Crippen LogP contribution in [0.1, 0.15) is 51.2 Å². The number of aromatic hydroxyl groups is 1. The van der Waals surface area contributed by atoms with Gasteiger partial charge in [0, 0.05) is 13.0 Å². The highest BCUT2D eigenvalue weighted by Gasteiger charge is 2.30. The summed E-state index contributed by atoms with van der Waals surface area (Å²) >= 11 is 0. The predicted octanol–water partition coefficient (Wildman–Crippen LogP) is -1.24.